The molecule has 24 heavy (non-hydrogen) atoms. The molecule has 2 aromatic carbocycles. The van der Waals surface area contributed by atoms with Crippen molar-refractivity contribution in [3.8, 4) is 6.07 Å². The topological polar surface area (TPSA) is 82.0 Å². The number of nitriles is 1. The first-order chi connectivity index (χ1) is 11.5. The third kappa shape index (κ3) is 4.72. The van der Waals surface area contributed by atoms with E-state index >= 15 is 0 Å². The molecule has 122 valence electrons. The minimum atomic E-state index is -0.372. The average Bonchev–Trinajstić information content (AvgIpc) is 2.56. The summed E-state index contributed by atoms with van der Waals surface area (Å²) < 4.78 is 0. The number of halogens is 2. The predicted molar refractivity (Wildman–Crippen MR) is 92.9 cm³/mol. The minimum Gasteiger partial charge on any atom is -0.351 e. The second-order valence-electron chi connectivity index (χ2n) is 4.85. The Hall–Kier alpha value is -2.55. The Morgan fingerprint density at radius 3 is 2.54 bits per heavy atom. The first-order valence-electron chi connectivity index (χ1n) is 6.99. The van der Waals surface area contributed by atoms with Crippen LogP contribution in [0.2, 0.25) is 10.0 Å². The van der Waals surface area contributed by atoms with Gasteiger partial charge in [0, 0.05) is 17.8 Å². The lowest BCUT2D eigenvalue weighted by Crippen LogP contribution is -2.23. The lowest BCUT2D eigenvalue weighted by atomic mass is 10.1. The monoisotopic (exact) mass is 361 g/mol. The Kier molecular flexibility index (Phi) is 6.19. The van der Waals surface area contributed by atoms with E-state index < -0.39 is 0 Å². The van der Waals surface area contributed by atoms with Gasteiger partial charge in [0.25, 0.3) is 5.91 Å². The summed E-state index contributed by atoms with van der Waals surface area (Å²) in [4.78, 5) is 23.7. The van der Waals surface area contributed by atoms with Gasteiger partial charge in [-0.3, -0.25) is 9.59 Å². The zero-order chi connectivity index (χ0) is 17.5. The predicted octanol–water partition coefficient (Wildman–Crippen LogP) is 3.78. The van der Waals surface area contributed by atoms with Crippen LogP contribution in [-0.4, -0.2) is 11.8 Å². The Balaban J connectivity index is 2.11. The lowest BCUT2D eigenvalue weighted by Gasteiger charge is -2.12. The van der Waals surface area contributed by atoms with E-state index in [0.29, 0.717) is 21.3 Å². The maximum Gasteiger partial charge on any atom is 0.255 e. The molecule has 0 saturated carbocycles. The first kappa shape index (κ1) is 17.8. The largest absolute Gasteiger partial charge is 0.351 e. The maximum atomic E-state index is 12.3. The molecule has 0 aliphatic heterocycles. The van der Waals surface area contributed by atoms with E-state index in [1.54, 1.807) is 42.5 Å². The fourth-order valence-corrected chi connectivity index (χ4v) is 2.25. The number of carbonyl (C=O) groups is 2. The van der Waals surface area contributed by atoms with Crippen molar-refractivity contribution in [3.63, 3.8) is 0 Å². The highest BCUT2D eigenvalue weighted by atomic mass is 35.5. The number of para-hydroxylation sites is 1. The number of hydrogen-bond donors (Lipinski definition) is 2. The molecule has 2 aromatic rings. The summed E-state index contributed by atoms with van der Waals surface area (Å²) in [7, 11) is 0. The van der Waals surface area contributed by atoms with Crippen LogP contribution in [0.5, 0.6) is 0 Å². The summed E-state index contributed by atoms with van der Waals surface area (Å²) in [5.41, 5.74) is 1.65. The molecule has 0 heterocycles. The molecule has 2 rings (SSSR count). The van der Waals surface area contributed by atoms with Crippen molar-refractivity contribution in [3.05, 3.63) is 63.6 Å². The quantitative estimate of drug-likeness (QED) is 0.849. The van der Waals surface area contributed by atoms with Gasteiger partial charge in [0.15, 0.2) is 0 Å². The van der Waals surface area contributed by atoms with E-state index in [2.05, 4.69) is 10.6 Å². The highest BCUT2D eigenvalue weighted by Crippen LogP contribution is 2.23. The van der Waals surface area contributed by atoms with Crippen molar-refractivity contribution >= 4 is 40.7 Å². The number of nitrogens with zero attached hydrogens (tertiary/aromatic N) is 1. The van der Waals surface area contributed by atoms with Gasteiger partial charge in [-0.15, -0.1) is 0 Å². The normalized spacial score (nSPS) is 9.88. The second-order valence-corrected chi connectivity index (χ2v) is 5.67. The van der Waals surface area contributed by atoms with E-state index in [9.17, 15) is 9.59 Å². The third-order valence-corrected chi connectivity index (χ3v) is 3.90. The molecule has 0 bridgehead atoms. The summed E-state index contributed by atoms with van der Waals surface area (Å²) >= 11 is 11.8. The van der Waals surface area contributed by atoms with Gasteiger partial charge < -0.3 is 10.6 Å². The average molecular weight is 362 g/mol. The van der Waals surface area contributed by atoms with Crippen molar-refractivity contribution in [2.75, 3.05) is 5.32 Å². The number of hydrogen-bond acceptors (Lipinski definition) is 3. The molecule has 0 aromatic heterocycles. The molecule has 5 nitrogen and oxygen atoms in total. The Labute approximate surface area is 149 Å². The molecule has 7 heteroatoms. The molecule has 2 N–H and O–H groups in total. The lowest BCUT2D eigenvalue weighted by molar-refractivity contribution is -0.120. The highest BCUT2D eigenvalue weighted by molar-refractivity contribution is 6.42. The van der Waals surface area contributed by atoms with E-state index in [1.165, 1.54) is 6.07 Å². The molecule has 0 spiro atoms. The fourth-order valence-electron chi connectivity index (χ4n) is 1.96. The number of rotatable bonds is 5. The van der Waals surface area contributed by atoms with Crippen LogP contribution in [-0.2, 0) is 11.3 Å². The summed E-state index contributed by atoms with van der Waals surface area (Å²) in [5.74, 6) is -0.715. The molecule has 0 fully saturated rings. The molecular weight excluding hydrogens is 349 g/mol. The molecule has 0 radical (unpaired) electrons. The Morgan fingerprint density at radius 2 is 1.83 bits per heavy atom. The van der Waals surface area contributed by atoms with E-state index in [-0.39, 0.29) is 24.8 Å². The molecule has 0 atom stereocenters. The molecule has 0 unspecified atom stereocenters. The van der Waals surface area contributed by atoms with Gasteiger partial charge in [-0.05, 0) is 29.8 Å². The number of benzene rings is 2. The van der Waals surface area contributed by atoms with Crippen LogP contribution in [0.1, 0.15) is 22.3 Å². The summed E-state index contributed by atoms with van der Waals surface area (Å²) in [6, 6.07) is 13.4. The SMILES string of the molecule is N#CCC(=O)NCc1ccccc1NC(=O)c1ccc(Cl)c(Cl)c1. The second kappa shape index (κ2) is 8.34. The van der Waals surface area contributed by atoms with Crippen LogP contribution in [0.15, 0.2) is 42.5 Å². The maximum absolute atomic E-state index is 12.3. The zero-order valence-electron chi connectivity index (χ0n) is 12.5. The number of anilines is 1. The van der Waals surface area contributed by atoms with Crippen LogP contribution in [0.3, 0.4) is 0 Å². The first-order valence-corrected chi connectivity index (χ1v) is 7.75. The molecule has 0 saturated heterocycles. The fraction of sp³-hybridized carbons (Fsp3) is 0.118. The van der Waals surface area contributed by atoms with Crippen LogP contribution < -0.4 is 10.6 Å². The Morgan fingerprint density at radius 1 is 1.08 bits per heavy atom. The van der Waals surface area contributed by atoms with E-state index in [1.807, 2.05) is 0 Å². The van der Waals surface area contributed by atoms with Crippen molar-refractivity contribution in [1.29, 1.82) is 5.26 Å². The minimum absolute atomic E-state index is 0.207. The molecule has 2 amide bonds. The Bertz CT molecular complexity index is 816. The standard InChI is InChI=1S/C17H13Cl2N3O2/c18-13-6-5-11(9-14(13)19)17(24)22-15-4-2-1-3-12(15)10-21-16(23)7-8-20/h1-6,9H,7,10H2,(H,21,23)(H,22,24). The van der Waals surface area contributed by atoms with Gasteiger partial charge >= 0.3 is 0 Å². The summed E-state index contributed by atoms with van der Waals surface area (Å²) in [6.45, 7) is 0.207. The van der Waals surface area contributed by atoms with E-state index in [4.69, 9.17) is 28.5 Å². The van der Waals surface area contributed by atoms with Gasteiger partial charge in [-0.25, -0.2) is 0 Å². The number of carbonyl (C=O) groups excluding carboxylic acids is 2. The van der Waals surface area contributed by atoms with Gasteiger partial charge in [0.2, 0.25) is 5.91 Å². The molecular formula is C17H13Cl2N3O2. The zero-order valence-corrected chi connectivity index (χ0v) is 14.0. The molecule has 0 aliphatic rings. The van der Waals surface area contributed by atoms with Crippen molar-refractivity contribution in [1.82, 2.24) is 5.32 Å². The third-order valence-electron chi connectivity index (χ3n) is 3.16. The number of nitrogens with one attached hydrogen (secondary N) is 2. The summed E-state index contributed by atoms with van der Waals surface area (Å²) in [5, 5.41) is 14.5. The van der Waals surface area contributed by atoms with Crippen molar-refractivity contribution < 1.29 is 9.59 Å². The molecule has 0 aliphatic carbocycles. The van der Waals surface area contributed by atoms with Gasteiger partial charge in [-0.2, -0.15) is 5.26 Å². The van der Waals surface area contributed by atoms with Crippen molar-refractivity contribution in [2.45, 2.75) is 13.0 Å². The smallest absolute Gasteiger partial charge is 0.255 e. The van der Waals surface area contributed by atoms with Gasteiger partial charge in [0.05, 0.1) is 16.1 Å². The highest BCUT2D eigenvalue weighted by Gasteiger charge is 2.11. The van der Waals surface area contributed by atoms with E-state index in [0.717, 1.165) is 5.56 Å². The van der Waals surface area contributed by atoms with Crippen LogP contribution in [0.25, 0.3) is 0 Å². The van der Waals surface area contributed by atoms with Gasteiger partial charge in [0.1, 0.15) is 6.42 Å². The van der Waals surface area contributed by atoms with Gasteiger partial charge in [-0.1, -0.05) is 41.4 Å². The van der Waals surface area contributed by atoms with Crippen LogP contribution in [0, 0.1) is 11.3 Å². The van der Waals surface area contributed by atoms with Crippen molar-refractivity contribution in [2.24, 2.45) is 0 Å². The van der Waals surface area contributed by atoms with Crippen LogP contribution >= 0.6 is 23.2 Å². The number of amides is 2. The summed E-state index contributed by atoms with van der Waals surface area (Å²) in [6.07, 6.45) is -0.211. The van der Waals surface area contributed by atoms with Crippen LogP contribution in [0.4, 0.5) is 5.69 Å².